The molecule has 0 rings (SSSR count). The van der Waals surface area contributed by atoms with Gasteiger partial charge in [0.1, 0.15) is 0 Å². The second kappa shape index (κ2) is 14.5. The van der Waals surface area contributed by atoms with Crippen molar-refractivity contribution in [3.05, 3.63) is 0 Å². The maximum atomic E-state index is 9.60. The van der Waals surface area contributed by atoms with Crippen LogP contribution in [0.25, 0.3) is 0 Å². The largest absolute Gasteiger partial charge is 0.481 e. The molecule has 0 unspecified atom stereocenters. The summed E-state index contributed by atoms with van der Waals surface area (Å²) < 4.78 is 0. The van der Waals surface area contributed by atoms with Crippen LogP contribution in [0.5, 0.6) is 0 Å². The van der Waals surface area contributed by atoms with E-state index in [-0.39, 0.29) is 29.6 Å². The summed E-state index contributed by atoms with van der Waals surface area (Å²) in [5.74, 6) is -1.42. The fourth-order valence-corrected chi connectivity index (χ4v) is 0.428. The summed E-state index contributed by atoms with van der Waals surface area (Å²) in [4.78, 5) is 19.2. The van der Waals surface area contributed by atoms with Gasteiger partial charge in [-0.2, -0.15) is 0 Å². The third-order valence-corrected chi connectivity index (χ3v) is 0.928. The molecule has 0 aromatic heterocycles. The van der Waals surface area contributed by atoms with Crippen LogP contribution in [-0.4, -0.2) is 51.7 Å². The molecule has 13 heavy (non-hydrogen) atoms. The minimum atomic E-state index is -0.711. The molecular formula is C8H16NaO4. The Kier molecular flexibility index (Phi) is 20.8. The Morgan fingerprint density at radius 3 is 1.15 bits per heavy atom. The minimum absolute atomic E-state index is 0. The number of hydrogen-bond acceptors (Lipinski definition) is 2. The van der Waals surface area contributed by atoms with Crippen LogP contribution in [0.2, 0.25) is 0 Å². The van der Waals surface area contributed by atoms with Gasteiger partial charge in [0.05, 0.1) is 0 Å². The monoisotopic (exact) mass is 199 g/mol. The van der Waals surface area contributed by atoms with Crippen LogP contribution in [0.3, 0.4) is 0 Å². The Labute approximate surface area is 101 Å². The molecule has 4 nitrogen and oxygen atoms in total. The van der Waals surface area contributed by atoms with Gasteiger partial charge in [-0.3, -0.25) is 9.59 Å². The second-order valence-corrected chi connectivity index (χ2v) is 2.29. The minimum Gasteiger partial charge on any atom is -0.481 e. The van der Waals surface area contributed by atoms with E-state index in [0.29, 0.717) is 12.8 Å². The van der Waals surface area contributed by atoms with Crippen LogP contribution in [-0.2, 0) is 9.59 Å². The maximum absolute atomic E-state index is 9.60. The molecule has 0 fully saturated rings. The van der Waals surface area contributed by atoms with Crippen molar-refractivity contribution in [2.45, 2.75) is 39.5 Å². The molecule has 0 bridgehead atoms. The predicted octanol–water partition coefficient (Wildman–Crippen LogP) is 1.36. The topological polar surface area (TPSA) is 74.6 Å². The van der Waals surface area contributed by atoms with Crippen molar-refractivity contribution in [1.82, 2.24) is 0 Å². The zero-order valence-electron chi connectivity index (χ0n) is 8.54. The van der Waals surface area contributed by atoms with Gasteiger partial charge in [-0.05, 0) is 12.8 Å². The molecule has 5 heteroatoms. The Hall–Kier alpha value is -0.0600. The molecular weight excluding hydrogens is 183 g/mol. The zero-order chi connectivity index (χ0) is 9.98. The van der Waals surface area contributed by atoms with Gasteiger partial charge < -0.3 is 10.2 Å². The van der Waals surface area contributed by atoms with E-state index in [1.807, 2.05) is 13.8 Å². The van der Waals surface area contributed by atoms with E-state index in [2.05, 4.69) is 0 Å². The normalized spacial score (nSPS) is 7.54. The first-order valence-corrected chi connectivity index (χ1v) is 3.98. The van der Waals surface area contributed by atoms with Gasteiger partial charge in [0, 0.05) is 42.4 Å². The molecule has 0 atom stereocenters. The van der Waals surface area contributed by atoms with Gasteiger partial charge in [-0.15, -0.1) is 0 Å². The van der Waals surface area contributed by atoms with Crippen molar-refractivity contribution in [1.29, 1.82) is 0 Å². The van der Waals surface area contributed by atoms with E-state index < -0.39 is 11.9 Å². The first kappa shape index (κ1) is 18.7. The molecule has 2 N–H and O–H groups in total. The van der Waals surface area contributed by atoms with E-state index in [9.17, 15) is 9.59 Å². The summed E-state index contributed by atoms with van der Waals surface area (Å²) in [6.07, 6.45) is 2.05. The maximum Gasteiger partial charge on any atom is 0.303 e. The van der Waals surface area contributed by atoms with Crippen molar-refractivity contribution in [2.24, 2.45) is 0 Å². The SMILES string of the molecule is CCCC(=O)O.CCCC(=O)O.[Na]. The molecule has 0 aromatic rings. The van der Waals surface area contributed by atoms with Gasteiger partial charge in [-0.25, -0.2) is 0 Å². The number of carboxylic acid groups (broad SMARTS) is 2. The Morgan fingerprint density at radius 1 is 0.923 bits per heavy atom. The van der Waals surface area contributed by atoms with Crippen LogP contribution in [0.4, 0.5) is 0 Å². The molecule has 0 aromatic carbocycles. The van der Waals surface area contributed by atoms with Crippen LogP contribution < -0.4 is 0 Å². The van der Waals surface area contributed by atoms with Crippen molar-refractivity contribution in [2.75, 3.05) is 0 Å². The predicted molar refractivity (Wildman–Crippen MR) is 50.8 cm³/mol. The Morgan fingerprint density at radius 2 is 1.15 bits per heavy atom. The number of hydrogen-bond donors (Lipinski definition) is 2. The number of aliphatic carboxylic acids is 2. The van der Waals surface area contributed by atoms with Gasteiger partial charge in [0.15, 0.2) is 0 Å². The van der Waals surface area contributed by atoms with E-state index in [1.54, 1.807) is 0 Å². The van der Waals surface area contributed by atoms with Crippen molar-refractivity contribution < 1.29 is 19.8 Å². The standard InChI is InChI=1S/2C4H8O2.Na/c2*1-2-3-4(5)6;/h2*2-3H2,1H3,(H,5,6);. The molecule has 0 saturated heterocycles. The zero-order valence-corrected chi connectivity index (χ0v) is 10.5. The molecule has 0 saturated carbocycles. The molecule has 0 aliphatic heterocycles. The van der Waals surface area contributed by atoms with Crippen molar-refractivity contribution >= 4 is 41.5 Å². The summed E-state index contributed by atoms with van der Waals surface area (Å²) in [6, 6.07) is 0. The molecule has 73 valence electrons. The summed E-state index contributed by atoms with van der Waals surface area (Å²) >= 11 is 0. The van der Waals surface area contributed by atoms with Gasteiger partial charge in [-0.1, -0.05) is 13.8 Å². The van der Waals surface area contributed by atoms with Crippen molar-refractivity contribution in [3.8, 4) is 0 Å². The van der Waals surface area contributed by atoms with E-state index >= 15 is 0 Å². The van der Waals surface area contributed by atoms with E-state index in [4.69, 9.17) is 10.2 Å². The second-order valence-electron chi connectivity index (χ2n) is 2.29. The number of rotatable bonds is 4. The van der Waals surface area contributed by atoms with Crippen LogP contribution in [0.15, 0.2) is 0 Å². The van der Waals surface area contributed by atoms with E-state index in [1.165, 1.54) is 0 Å². The summed E-state index contributed by atoms with van der Waals surface area (Å²) in [5, 5.41) is 15.8. The molecule has 0 aliphatic carbocycles. The van der Waals surface area contributed by atoms with Crippen LogP contribution >= 0.6 is 0 Å². The summed E-state index contributed by atoms with van der Waals surface area (Å²) in [5.41, 5.74) is 0. The molecule has 0 amide bonds. The van der Waals surface area contributed by atoms with Gasteiger partial charge in [0.25, 0.3) is 0 Å². The number of carboxylic acids is 2. The quantitative estimate of drug-likeness (QED) is 0.670. The Balaban J connectivity index is -0.000000143. The third-order valence-electron chi connectivity index (χ3n) is 0.928. The van der Waals surface area contributed by atoms with Gasteiger partial charge in [0.2, 0.25) is 0 Å². The average molecular weight is 199 g/mol. The third kappa shape index (κ3) is 33.4. The molecule has 1 radical (unpaired) electrons. The molecule has 0 aliphatic rings. The summed E-state index contributed by atoms with van der Waals surface area (Å²) in [7, 11) is 0. The van der Waals surface area contributed by atoms with Crippen LogP contribution in [0.1, 0.15) is 39.5 Å². The Bertz CT molecular complexity index is 120. The van der Waals surface area contributed by atoms with Crippen molar-refractivity contribution in [3.63, 3.8) is 0 Å². The van der Waals surface area contributed by atoms with E-state index in [0.717, 1.165) is 12.8 Å². The van der Waals surface area contributed by atoms with Crippen LogP contribution in [0, 0.1) is 0 Å². The average Bonchev–Trinajstić information content (AvgIpc) is 1.87. The van der Waals surface area contributed by atoms with Gasteiger partial charge >= 0.3 is 11.9 Å². The fraction of sp³-hybridized carbons (Fsp3) is 0.750. The molecule has 0 spiro atoms. The molecule has 0 heterocycles. The number of carbonyl (C=O) groups is 2. The first-order valence-electron chi connectivity index (χ1n) is 3.98. The fourth-order valence-electron chi connectivity index (χ4n) is 0.428. The first-order chi connectivity index (χ1) is 5.54. The smallest absolute Gasteiger partial charge is 0.303 e. The summed E-state index contributed by atoms with van der Waals surface area (Å²) in [6.45, 7) is 3.68.